The lowest BCUT2D eigenvalue weighted by Crippen LogP contribution is -2.39. The zero-order valence-electron chi connectivity index (χ0n) is 6.39. The Morgan fingerprint density at radius 3 is 3.36 bits per heavy atom. The summed E-state index contributed by atoms with van der Waals surface area (Å²) in [7, 11) is 0. The first-order valence-corrected chi connectivity index (χ1v) is 5.23. The molecule has 0 aromatic heterocycles. The smallest absolute Gasteiger partial charge is 0.0326 e. The van der Waals surface area contributed by atoms with Crippen LogP contribution in [0.3, 0.4) is 0 Å². The Bertz CT molecular complexity index is 208. The van der Waals surface area contributed by atoms with Crippen LogP contribution in [0.5, 0.6) is 0 Å². The fourth-order valence-corrected chi connectivity index (χ4v) is 2.37. The van der Waals surface area contributed by atoms with E-state index in [0.717, 1.165) is 5.92 Å². The van der Waals surface area contributed by atoms with Crippen LogP contribution in [0.25, 0.3) is 0 Å². The zero-order valence-corrected chi connectivity index (χ0v) is 8.54. The van der Waals surface area contributed by atoms with Gasteiger partial charge in [0.1, 0.15) is 0 Å². The lowest BCUT2D eigenvalue weighted by molar-refractivity contribution is 0.372. The number of halogens is 1. The lowest BCUT2D eigenvalue weighted by Gasteiger charge is -2.30. The molecule has 2 unspecified atom stereocenters. The second kappa shape index (κ2) is 3.27. The molecule has 0 radical (unpaired) electrons. The van der Waals surface area contributed by atoms with Crippen molar-refractivity contribution in [2.24, 2.45) is 5.92 Å². The minimum atomic E-state index is 0.626. The van der Waals surface area contributed by atoms with Gasteiger partial charge in [0.05, 0.1) is 0 Å². The Morgan fingerprint density at radius 1 is 1.55 bits per heavy atom. The zero-order chi connectivity index (χ0) is 7.68. The minimum Gasteiger partial charge on any atom is -0.310 e. The lowest BCUT2D eigenvalue weighted by atomic mass is 9.88. The van der Waals surface area contributed by atoms with Crippen molar-refractivity contribution in [3.05, 3.63) is 21.8 Å². The predicted molar refractivity (Wildman–Crippen MR) is 55.8 cm³/mol. The normalized spacial score (nSPS) is 36.3. The van der Waals surface area contributed by atoms with E-state index >= 15 is 0 Å². The minimum absolute atomic E-state index is 0.626. The van der Waals surface area contributed by atoms with Crippen LogP contribution in [0.1, 0.15) is 12.8 Å². The molecule has 2 rings (SSSR count). The molecular weight excluding hydrogens is 249 g/mol. The highest BCUT2D eigenvalue weighted by Crippen LogP contribution is 2.26. The van der Waals surface area contributed by atoms with Gasteiger partial charge in [-0.15, -0.1) is 0 Å². The third kappa shape index (κ3) is 1.67. The Hall–Kier alpha value is 0.170. The van der Waals surface area contributed by atoms with Crippen molar-refractivity contribution in [2.75, 3.05) is 6.54 Å². The van der Waals surface area contributed by atoms with Crippen LogP contribution in [0.4, 0.5) is 0 Å². The van der Waals surface area contributed by atoms with Crippen LogP contribution >= 0.6 is 22.6 Å². The molecule has 1 saturated heterocycles. The van der Waals surface area contributed by atoms with Gasteiger partial charge in [-0.05, 0) is 47.9 Å². The summed E-state index contributed by atoms with van der Waals surface area (Å²) < 4.78 is 1.37. The van der Waals surface area contributed by atoms with Crippen LogP contribution in [-0.2, 0) is 0 Å². The number of allylic oxidation sites excluding steroid dienone is 2. The fraction of sp³-hybridized carbons (Fsp3) is 0.556. The molecule has 0 bridgehead atoms. The molecule has 11 heavy (non-hydrogen) atoms. The number of hydrogen-bond acceptors (Lipinski definition) is 1. The molecule has 1 fully saturated rings. The molecule has 60 valence electrons. The second-order valence-corrected chi connectivity index (χ2v) is 4.44. The average Bonchev–Trinajstić information content (AvgIpc) is 2.04. The summed E-state index contributed by atoms with van der Waals surface area (Å²) in [5.74, 6) is 0.766. The maximum atomic E-state index is 3.52. The molecule has 1 aliphatic carbocycles. The average molecular weight is 261 g/mol. The summed E-state index contributed by atoms with van der Waals surface area (Å²) in [6.45, 7) is 1.19. The highest BCUT2D eigenvalue weighted by Gasteiger charge is 2.22. The largest absolute Gasteiger partial charge is 0.310 e. The summed E-state index contributed by atoms with van der Waals surface area (Å²) in [4.78, 5) is 0. The number of piperidine rings is 1. The molecule has 0 amide bonds. The first-order chi connectivity index (χ1) is 5.36. The molecule has 1 aliphatic heterocycles. The molecule has 1 N–H and O–H groups in total. The van der Waals surface area contributed by atoms with E-state index in [0.29, 0.717) is 6.04 Å². The quantitative estimate of drug-likeness (QED) is 0.659. The summed E-state index contributed by atoms with van der Waals surface area (Å²) in [6.07, 6.45) is 9.60. The monoisotopic (exact) mass is 261 g/mol. The van der Waals surface area contributed by atoms with Crippen molar-refractivity contribution in [1.82, 2.24) is 5.32 Å². The molecular formula is C9H12IN. The Labute approximate surface area is 81.1 Å². The van der Waals surface area contributed by atoms with E-state index in [9.17, 15) is 0 Å². The molecule has 1 heterocycles. The maximum absolute atomic E-state index is 3.52. The van der Waals surface area contributed by atoms with Crippen molar-refractivity contribution in [2.45, 2.75) is 18.9 Å². The third-order valence-electron chi connectivity index (χ3n) is 2.40. The van der Waals surface area contributed by atoms with Gasteiger partial charge < -0.3 is 5.32 Å². The molecule has 0 saturated carbocycles. The molecule has 2 heteroatoms. The van der Waals surface area contributed by atoms with E-state index in [4.69, 9.17) is 0 Å². The van der Waals surface area contributed by atoms with Gasteiger partial charge in [0.15, 0.2) is 0 Å². The van der Waals surface area contributed by atoms with Crippen molar-refractivity contribution in [3.63, 3.8) is 0 Å². The number of fused-ring (bicyclic) bond motifs is 1. The van der Waals surface area contributed by atoms with Crippen LogP contribution in [0, 0.1) is 5.92 Å². The van der Waals surface area contributed by atoms with Crippen molar-refractivity contribution < 1.29 is 0 Å². The molecule has 1 nitrogen and oxygen atoms in total. The second-order valence-electron chi connectivity index (χ2n) is 3.20. The molecule has 0 spiro atoms. The predicted octanol–water partition coefficient (Wildman–Crippen LogP) is 2.24. The van der Waals surface area contributed by atoms with E-state index in [1.54, 1.807) is 0 Å². The van der Waals surface area contributed by atoms with Gasteiger partial charge in [-0.3, -0.25) is 0 Å². The highest BCUT2D eigenvalue weighted by atomic mass is 127. The van der Waals surface area contributed by atoms with E-state index < -0.39 is 0 Å². The van der Waals surface area contributed by atoms with Crippen LogP contribution in [0.2, 0.25) is 0 Å². The number of nitrogens with one attached hydrogen (secondary N) is 1. The summed E-state index contributed by atoms with van der Waals surface area (Å²) in [5.41, 5.74) is 0. The summed E-state index contributed by atoms with van der Waals surface area (Å²) in [6, 6.07) is 0.626. The fourth-order valence-electron chi connectivity index (χ4n) is 1.78. The number of hydrogen-bond donors (Lipinski definition) is 1. The van der Waals surface area contributed by atoms with Gasteiger partial charge in [0.2, 0.25) is 0 Å². The first kappa shape index (κ1) is 7.80. The number of rotatable bonds is 0. The van der Waals surface area contributed by atoms with Crippen LogP contribution < -0.4 is 5.32 Å². The SMILES string of the molecule is IC1=CC2NCCCC2C=C1. The summed E-state index contributed by atoms with van der Waals surface area (Å²) >= 11 is 2.38. The first-order valence-electron chi connectivity index (χ1n) is 4.15. The van der Waals surface area contributed by atoms with E-state index in [-0.39, 0.29) is 0 Å². The van der Waals surface area contributed by atoms with Crippen molar-refractivity contribution >= 4 is 22.6 Å². The van der Waals surface area contributed by atoms with Gasteiger partial charge >= 0.3 is 0 Å². The van der Waals surface area contributed by atoms with E-state index in [1.165, 1.54) is 23.0 Å². The maximum Gasteiger partial charge on any atom is 0.0326 e. The Kier molecular flexibility index (Phi) is 2.32. The highest BCUT2D eigenvalue weighted by molar-refractivity contribution is 14.1. The molecule has 0 aromatic carbocycles. The molecule has 2 aliphatic rings. The van der Waals surface area contributed by atoms with Gasteiger partial charge in [0.25, 0.3) is 0 Å². The van der Waals surface area contributed by atoms with Crippen molar-refractivity contribution in [1.29, 1.82) is 0 Å². The van der Waals surface area contributed by atoms with E-state index in [2.05, 4.69) is 46.1 Å². The van der Waals surface area contributed by atoms with Gasteiger partial charge in [-0.25, -0.2) is 0 Å². The van der Waals surface area contributed by atoms with Gasteiger partial charge in [-0.1, -0.05) is 18.2 Å². The standard InChI is InChI=1S/C9H12IN/c10-8-4-3-7-2-1-5-11-9(7)6-8/h3-4,6-7,9,11H,1-2,5H2. The van der Waals surface area contributed by atoms with Crippen molar-refractivity contribution in [3.8, 4) is 0 Å². The Balaban J connectivity index is 2.13. The van der Waals surface area contributed by atoms with Crippen LogP contribution in [0.15, 0.2) is 21.8 Å². The topological polar surface area (TPSA) is 12.0 Å². The third-order valence-corrected chi connectivity index (χ3v) is 3.12. The molecule has 0 aromatic rings. The van der Waals surface area contributed by atoms with E-state index in [1.807, 2.05) is 0 Å². The van der Waals surface area contributed by atoms with Gasteiger partial charge in [-0.2, -0.15) is 0 Å². The summed E-state index contributed by atoms with van der Waals surface area (Å²) in [5, 5.41) is 3.52. The van der Waals surface area contributed by atoms with Crippen LogP contribution in [-0.4, -0.2) is 12.6 Å². The Morgan fingerprint density at radius 2 is 2.45 bits per heavy atom. The van der Waals surface area contributed by atoms with Gasteiger partial charge in [0, 0.05) is 9.62 Å². The molecule has 2 atom stereocenters.